The molecule has 0 spiro atoms. The van der Waals surface area contributed by atoms with Gasteiger partial charge in [-0.2, -0.15) is 0 Å². The monoisotopic (exact) mass is 222 g/mol. The molecule has 86 valence electrons. The van der Waals surface area contributed by atoms with E-state index in [0.717, 1.165) is 0 Å². The summed E-state index contributed by atoms with van der Waals surface area (Å²) in [5.74, 6) is -1.27. The second kappa shape index (κ2) is 6.02. The van der Waals surface area contributed by atoms with Gasteiger partial charge in [0.15, 0.2) is 11.9 Å². The molecule has 0 saturated carbocycles. The number of Topliss-reactive ketones (excluding diaryl/α,β-unsaturated/α-hetero) is 1. The molecule has 0 aliphatic rings. The number of carboxylic acids is 1. The number of aliphatic carboxylic acids is 1. The summed E-state index contributed by atoms with van der Waals surface area (Å²) in [7, 11) is 0. The summed E-state index contributed by atoms with van der Waals surface area (Å²) in [5.41, 5.74) is 0.618. The van der Waals surface area contributed by atoms with Crippen molar-refractivity contribution in [2.75, 3.05) is 0 Å². The number of rotatable bonds is 6. The van der Waals surface area contributed by atoms with Crippen LogP contribution in [0.15, 0.2) is 30.3 Å². The van der Waals surface area contributed by atoms with Crippen molar-refractivity contribution in [3.05, 3.63) is 35.9 Å². The second-order valence-corrected chi connectivity index (χ2v) is 3.54. The second-order valence-electron chi connectivity index (χ2n) is 3.54. The molecule has 0 saturated heterocycles. The van der Waals surface area contributed by atoms with Gasteiger partial charge < -0.3 is 10.2 Å². The van der Waals surface area contributed by atoms with E-state index in [2.05, 4.69) is 0 Å². The molecule has 16 heavy (non-hydrogen) atoms. The zero-order valence-electron chi connectivity index (χ0n) is 8.80. The number of carbonyl (C=O) groups excluding carboxylic acids is 1. The van der Waals surface area contributed by atoms with E-state index in [1.54, 1.807) is 24.3 Å². The van der Waals surface area contributed by atoms with Gasteiger partial charge in [-0.3, -0.25) is 4.79 Å². The highest BCUT2D eigenvalue weighted by atomic mass is 16.4. The number of hydrogen-bond acceptors (Lipinski definition) is 3. The average molecular weight is 222 g/mol. The Morgan fingerprint density at radius 3 is 2.38 bits per heavy atom. The molecule has 4 nitrogen and oxygen atoms in total. The summed E-state index contributed by atoms with van der Waals surface area (Å²) in [6.07, 6.45) is -0.632. The first-order chi connectivity index (χ1) is 7.61. The van der Waals surface area contributed by atoms with Crippen LogP contribution in [0.4, 0.5) is 0 Å². The van der Waals surface area contributed by atoms with Gasteiger partial charge in [0.2, 0.25) is 0 Å². The molecule has 0 heterocycles. The third-order valence-corrected chi connectivity index (χ3v) is 2.26. The fourth-order valence-corrected chi connectivity index (χ4v) is 1.35. The van der Waals surface area contributed by atoms with Crippen molar-refractivity contribution in [2.24, 2.45) is 0 Å². The molecule has 0 aromatic heterocycles. The molecule has 1 unspecified atom stereocenters. The molecule has 1 atom stereocenters. The van der Waals surface area contributed by atoms with Crippen molar-refractivity contribution in [2.45, 2.75) is 25.4 Å². The molecule has 0 aliphatic carbocycles. The fourth-order valence-electron chi connectivity index (χ4n) is 1.35. The Morgan fingerprint density at radius 2 is 1.81 bits per heavy atom. The predicted octanol–water partition coefficient (Wildman–Crippen LogP) is 1.49. The number of hydrogen-bond donors (Lipinski definition) is 2. The van der Waals surface area contributed by atoms with Gasteiger partial charge in [0.05, 0.1) is 0 Å². The molecule has 0 amide bonds. The smallest absolute Gasteiger partial charge is 0.332 e. The first-order valence-electron chi connectivity index (χ1n) is 5.10. The standard InChI is InChI=1S/C12H14O4/c13-10(9-5-2-1-3-6-9)7-4-8-11(14)12(15)16/h1-3,5-6,11,14H,4,7-8H2,(H,15,16). The van der Waals surface area contributed by atoms with Gasteiger partial charge >= 0.3 is 5.97 Å². The maximum absolute atomic E-state index is 11.6. The summed E-state index contributed by atoms with van der Waals surface area (Å²) in [4.78, 5) is 21.9. The summed E-state index contributed by atoms with van der Waals surface area (Å²) in [6, 6.07) is 8.82. The molecular weight excluding hydrogens is 208 g/mol. The Balaban J connectivity index is 2.34. The van der Waals surface area contributed by atoms with E-state index in [1.165, 1.54) is 0 Å². The first kappa shape index (κ1) is 12.4. The maximum atomic E-state index is 11.6. The SMILES string of the molecule is O=C(CCCC(O)C(=O)O)c1ccccc1. The highest BCUT2D eigenvalue weighted by Crippen LogP contribution is 2.08. The minimum absolute atomic E-state index is 0.0295. The normalized spacial score (nSPS) is 12.1. The number of benzene rings is 1. The van der Waals surface area contributed by atoms with Gasteiger partial charge in [0.25, 0.3) is 0 Å². The maximum Gasteiger partial charge on any atom is 0.332 e. The largest absolute Gasteiger partial charge is 0.479 e. The lowest BCUT2D eigenvalue weighted by molar-refractivity contribution is -0.146. The van der Waals surface area contributed by atoms with E-state index in [1.807, 2.05) is 6.07 Å². The van der Waals surface area contributed by atoms with E-state index >= 15 is 0 Å². The van der Waals surface area contributed by atoms with Gasteiger partial charge in [-0.05, 0) is 12.8 Å². The van der Waals surface area contributed by atoms with Gasteiger partial charge in [-0.15, -0.1) is 0 Å². The Morgan fingerprint density at radius 1 is 1.19 bits per heavy atom. The fraction of sp³-hybridized carbons (Fsp3) is 0.333. The number of aliphatic hydroxyl groups excluding tert-OH is 1. The topological polar surface area (TPSA) is 74.6 Å². The van der Waals surface area contributed by atoms with Gasteiger partial charge in [-0.25, -0.2) is 4.79 Å². The van der Waals surface area contributed by atoms with Gasteiger partial charge in [0.1, 0.15) is 0 Å². The quantitative estimate of drug-likeness (QED) is 0.715. The lowest BCUT2D eigenvalue weighted by atomic mass is 10.0. The van der Waals surface area contributed by atoms with Crippen LogP contribution in [0.3, 0.4) is 0 Å². The highest BCUT2D eigenvalue weighted by Gasteiger charge is 2.13. The molecular formula is C12H14O4. The van der Waals surface area contributed by atoms with E-state index in [-0.39, 0.29) is 18.6 Å². The van der Waals surface area contributed by atoms with Crippen LogP contribution in [0.5, 0.6) is 0 Å². The lowest BCUT2D eigenvalue weighted by Gasteiger charge is -2.04. The van der Waals surface area contributed by atoms with Crippen LogP contribution in [0.25, 0.3) is 0 Å². The van der Waals surface area contributed by atoms with Crippen LogP contribution in [0.2, 0.25) is 0 Å². The minimum Gasteiger partial charge on any atom is -0.479 e. The molecule has 0 radical (unpaired) electrons. The molecule has 4 heteroatoms. The molecule has 0 aliphatic heterocycles. The number of carboxylic acid groups (broad SMARTS) is 1. The lowest BCUT2D eigenvalue weighted by Crippen LogP contribution is -2.19. The summed E-state index contributed by atoms with van der Waals surface area (Å²) >= 11 is 0. The Bertz CT molecular complexity index is 359. The Kier molecular flexibility index (Phi) is 4.66. The highest BCUT2D eigenvalue weighted by molar-refractivity contribution is 5.95. The zero-order chi connectivity index (χ0) is 12.0. The van der Waals surface area contributed by atoms with Crippen LogP contribution < -0.4 is 0 Å². The van der Waals surface area contributed by atoms with Crippen LogP contribution in [0.1, 0.15) is 29.6 Å². The predicted molar refractivity (Wildman–Crippen MR) is 58.3 cm³/mol. The Hall–Kier alpha value is -1.68. The molecule has 1 rings (SSSR count). The van der Waals surface area contributed by atoms with Gasteiger partial charge in [0, 0.05) is 12.0 Å². The summed E-state index contributed by atoms with van der Waals surface area (Å²) in [6.45, 7) is 0. The number of aliphatic hydroxyl groups is 1. The third-order valence-electron chi connectivity index (χ3n) is 2.26. The third kappa shape index (κ3) is 3.82. The summed E-state index contributed by atoms with van der Waals surface area (Å²) < 4.78 is 0. The molecule has 1 aromatic rings. The van der Waals surface area contributed by atoms with Gasteiger partial charge in [-0.1, -0.05) is 30.3 Å². The molecule has 1 aromatic carbocycles. The molecule has 2 N–H and O–H groups in total. The van der Waals surface area contributed by atoms with Crippen molar-refractivity contribution in [3.8, 4) is 0 Å². The van der Waals surface area contributed by atoms with Crippen LogP contribution in [-0.2, 0) is 4.79 Å². The van der Waals surface area contributed by atoms with E-state index in [4.69, 9.17) is 10.2 Å². The Labute approximate surface area is 93.5 Å². The van der Waals surface area contributed by atoms with Crippen molar-refractivity contribution in [1.29, 1.82) is 0 Å². The van der Waals surface area contributed by atoms with E-state index in [9.17, 15) is 9.59 Å². The van der Waals surface area contributed by atoms with E-state index in [0.29, 0.717) is 12.0 Å². The van der Waals surface area contributed by atoms with Crippen LogP contribution in [-0.4, -0.2) is 28.1 Å². The van der Waals surface area contributed by atoms with Crippen molar-refractivity contribution in [1.82, 2.24) is 0 Å². The van der Waals surface area contributed by atoms with Crippen molar-refractivity contribution in [3.63, 3.8) is 0 Å². The van der Waals surface area contributed by atoms with E-state index < -0.39 is 12.1 Å². The average Bonchev–Trinajstić information content (AvgIpc) is 2.29. The first-order valence-corrected chi connectivity index (χ1v) is 5.10. The van der Waals surface area contributed by atoms with Crippen LogP contribution >= 0.6 is 0 Å². The van der Waals surface area contributed by atoms with Crippen LogP contribution in [0, 0.1) is 0 Å². The number of ketones is 1. The zero-order valence-corrected chi connectivity index (χ0v) is 8.80. The van der Waals surface area contributed by atoms with Crippen molar-refractivity contribution >= 4 is 11.8 Å². The molecule has 0 fully saturated rings. The molecule has 0 bridgehead atoms. The number of carbonyl (C=O) groups is 2. The van der Waals surface area contributed by atoms with Crippen molar-refractivity contribution < 1.29 is 19.8 Å². The summed E-state index contributed by atoms with van der Waals surface area (Å²) in [5, 5.41) is 17.4. The minimum atomic E-state index is -1.37.